The van der Waals surface area contributed by atoms with Gasteiger partial charge in [-0.05, 0) is 36.4 Å². The molecule has 152 valence electrons. The molecule has 0 aliphatic carbocycles. The fourth-order valence-electron chi connectivity index (χ4n) is 3.88. The van der Waals surface area contributed by atoms with Crippen LogP contribution in [0.25, 0.3) is 55.9 Å². The summed E-state index contributed by atoms with van der Waals surface area (Å²) in [6.45, 7) is 3.93. The number of hydrogen-bond donors (Lipinski definition) is 0. The number of benzene rings is 3. The number of allylic oxidation sites excluding steroid dienone is 2. The summed E-state index contributed by atoms with van der Waals surface area (Å²) in [5, 5.41) is 3.20. The van der Waals surface area contributed by atoms with Crippen LogP contribution in [0.2, 0.25) is 0 Å². The Morgan fingerprint density at radius 2 is 1.59 bits per heavy atom. The molecule has 0 bridgehead atoms. The first-order valence-corrected chi connectivity index (χ1v) is 10.2. The summed E-state index contributed by atoms with van der Waals surface area (Å²) in [6.07, 6.45) is 5.11. The van der Waals surface area contributed by atoms with Gasteiger partial charge in [-0.1, -0.05) is 55.1 Å². The van der Waals surface area contributed by atoms with E-state index in [1.807, 2.05) is 72.8 Å². The van der Waals surface area contributed by atoms with E-state index in [0.29, 0.717) is 17.4 Å². The summed E-state index contributed by atoms with van der Waals surface area (Å²) in [7, 11) is 0. The molecule has 0 saturated carbocycles. The molecule has 5 heteroatoms. The van der Waals surface area contributed by atoms with Crippen molar-refractivity contribution in [3.05, 3.63) is 103 Å². The van der Waals surface area contributed by atoms with E-state index >= 15 is 0 Å². The van der Waals surface area contributed by atoms with E-state index in [1.54, 1.807) is 6.08 Å². The summed E-state index contributed by atoms with van der Waals surface area (Å²) in [6, 6.07) is 23.9. The maximum atomic E-state index is 6.01. The van der Waals surface area contributed by atoms with Crippen LogP contribution in [0.1, 0.15) is 11.6 Å². The van der Waals surface area contributed by atoms with Crippen molar-refractivity contribution in [3.63, 3.8) is 0 Å². The third kappa shape index (κ3) is 3.08. The van der Waals surface area contributed by atoms with E-state index in [1.165, 1.54) is 6.33 Å². The van der Waals surface area contributed by atoms with E-state index in [-0.39, 0.29) is 0 Å². The Labute approximate surface area is 183 Å². The minimum Gasteiger partial charge on any atom is -0.457 e. The Morgan fingerprint density at radius 3 is 2.47 bits per heavy atom. The molecule has 5 nitrogen and oxygen atoms in total. The van der Waals surface area contributed by atoms with E-state index in [0.717, 1.165) is 44.0 Å². The minimum atomic E-state index is 0.523. The molecule has 32 heavy (non-hydrogen) atoms. The highest BCUT2D eigenvalue weighted by atomic mass is 16.3. The fourth-order valence-corrected chi connectivity index (χ4v) is 3.88. The van der Waals surface area contributed by atoms with Crippen LogP contribution >= 0.6 is 0 Å². The lowest BCUT2D eigenvalue weighted by atomic mass is 10.1. The molecule has 0 N–H and O–H groups in total. The molecule has 0 radical (unpaired) electrons. The van der Waals surface area contributed by atoms with Crippen molar-refractivity contribution in [3.8, 4) is 11.4 Å². The van der Waals surface area contributed by atoms with Crippen LogP contribution in [0.15, 0.2) is 101 Å². The molecular weight excluding hydrogens is 398 g/mol. The Bertz CT molecular complexity index is 1620. The maximum absolute atomic E-state index is 6.01. The Kier molecular flexibility index (Phi) is 4.18. The average Bonchev–Trinajstić information content (AvgIpc) is 3.42. The van der Waals surface area contributed by atoms with Gasteiger partial charge in [-0.2, -0.15) is 0 Å². The molecule has 0 aliphatic rings. The summed E-state index contributed by atoms with van der Waals surface area (Å²) in [4.78, 5) is 13.4. The zero-order valence-electron chi connectivity index (χ0n) is 17.0. The summed E-state index contributed by atoms with van der Waals surface area (Å²) < 4.78 is 11.9. The number of hydrogen-bond acceptors (Lipinski definition) is 5. The molecule has 0 atom stereocenters. The Hall–Kier alpha value is -4.51. The Morgan fingerprint density at radius 1 is 0.781 bits per heavy atom. The number of rotatable bonds is 4. The summed E-state index contributed by atoms with van der Waals surface area (Å²) in [5.74, 6) is 1.80. The molecule has 3 heterocycles. The molecule has 6 aromatic rings. The van der Waals surface area contributed by atoms with Crippen LogP contribution in [0.4, 0.5) is 0 Å². The average molecular weight is 415 g/mol. The van der Waals surface area contributed by atoms with Gasteiger partial charge in [-0.3, -0.25) is 0 Å². The molecule has 3 aromatic carbocycles. The van der Waals surface area contributed by atoms with Gasteiger partial charge in [0, 0.05) is 27.3 Å². The van der Waals surface area contributed by atoms with E-state index in [2.05, 4.69) is 27.6 Å². The van der Waals surface area contributed by atoms with Crippen molar-refractivity contribution >= 4 is 44.6 Å². The normalized spacial score (nSPS) is 12.1. The van der Waals surface area contributed by atoms with Crippen LogP contribution in [0, 0.1) is 0 Å². The van der Waals surface area contributed by atoms with Gasteiger partial charge in [-0.15, -0.1) is 0 Å². The predicted octanol–water partition coefficient (Wildman–Crippen LogP) is 6.91. The van der Waals surface area contributed by atoms with Gasteiger partial charge >= 0.3 is 0 Å². The second-order valence-corrected chi connectivity index (χ2v) is 7.43. The zero-order valence-corrected chi connectivity index (χ0v) is 17.0. The molecule has 0 fully saturated rings. The van der Waals surface area contributed by atoms with Crippen LogP contribution in [0.5, 0.6) is 0 Å². The molecule has 6 rings (SSSR count). The third-order valence-corrected chi connectivity index (χ3v) is 5.43. The highest BCUT2D eigenvalue weighted by Crippen LogP contribution is 2.31. The second kappa shape index (κ2) is 7.32. The number of nitrogens with zero attached hydrogens (tertiary/aromatic N) is 3. The first-order valence-electron chi connectivity index (χ1n) is 10.2. The third-order valence-electron chi connectivity index (χ3n) is 5.43. The van der Waals surface area contributed by atoms with Crippen molar-refractivity contribution in [2.45, 2.75) is 0 Å². The number of para-hydroxylation sites is 2. The van der Waals surface area contributed by atoms with Crippen molar-refractivity contribution in [1.82, 2.24) is 15.0 Å². The van der Waals surface area contributed by atoms with Gasteiger partial charge in [0.25, 0.3) is 0 Å². The molecule has 0 aliphatic heterocycles. The van der Waals surface area contributed by atoms with Crippen molar-refractivity contribution in [1.29, 1.82) is 0 Å². The Balaban J connectivity index is 1.41. The van der Waals surface area contributed by atoms with Gasteiger partial charge in [0.05, 0.1) is 0 Å². The van der Waals surface area contributed by atoms with Crippen molar-refractivity contribution in [2.24, 2.45) is 0 Å². The van der Waals surface area contributed by atoms with Crippen LogP contribution in [-0.2, 0) is 0 Å². The first kappa shape index (κ1) is 18.3. The van der Waals surface area contributed by atoms with Crippen molar-refractivity contribution in [2.75, 3.05) is 0 Å². The molecule has 0 unspecified atom stereocenters. The molecule has 0 saturated heterocycles. The number of aromatic nitrogens is 3. The van der Waals surface area contributed by atoms with Gasteiger partial charge in [0.1, 0.15) is 28.8 Å². The zero-order chi connectivity index (χ0) is 21.5. The van der Waals surface area contributed by atoms with Crippen LogP contribution < -0.4 is 0 Å². The molecule has 0 amide bonds. The summed E-state index contributed by atoms with van der Waals surface area (Å²) >= 11 is 0. The SMILES string of the molecule is C=C/C(=C\c1cc2ccccc2o1)c1ncnc(-c2ccc3c(c2)oc2ccccc23)n1. The topological polar surface area (TPSA) is 65.0 Å². The highest BCUT2D eigenvalue weighted by molar-refractivity contribution is 6.05. The smallest absolute Gasteiger partial charge is 0.163 e. The lowest BCUT2D eigenvalue weighted by Gasteiger charge is -2.04. The molecule has 3 aromatic heterocycles. The van der Waals surface area contributed by atoms with Gasteiger partial charge in [-0.25, -0.2) is 15.0 Å². The van der Waals surface area contributed by atoms with Gasteiger partial charge in [0.15, 0.2) is 11.6 Å². The van der Waals surface area contributed by atoms with Crippen LogP contribution in [0.3, 0.4) is 0 Å². The van der Waals surface area contributed by atoms with E-state index in [9.17, 15) is 0 Å². The lowest BCUT2D eigenvalue weighted by molar-refractivity contribution is 0.604. The van der Waals surface area contributed by atoms with E-state index < -0.39 is 0 Å². The maximum Gasteiger partial charge on any atom is 0.163 e. The minimum absolute atomic E-state index is 0.523. The quantitative estimate of drug-likeness (QED) is 0.293. The second-order valence-electron chi connectivity index (χ2n) is 7.43. The largest absolute Gasteiger partial charge is 0.457 e. The van der Waals surface area contributed by atoms with Crippen molar-refractivity contribution < 1.29 is 8.83 Å². The summed E-state index contributed by atoms with van der Waals surface area (Å²) in [5.41, 5.74) is 4.09. The monoisotopic (exact) mass is 415 g/mol. The molecular formula is C27H17N3O2. The van der Waals surface area contributed by atoms with Gasteiger partial charge < -0.3 is 8.83 Å². The first-order chi connectivity index (χ1) is 15.8. The standard InChI is InChI=1S/C27H17N3O2/c1-2-17(13-20-14-18-7-3-5-9-23(18)31-20)26-28-16-29-27(30-26)19-11-12-22-21-8-4-6-10-24(21)32-25(22)15-19/h2-16H,1H2/b17-13+. The molecule has 0 spiro atoms. The number of fused-ring (bicyclic) bond motifs is 4. The highest BCUT2D eigenvalue weighted by Gasteiger charge is 2.12. The van der Waals surface area contributed by atoms with E-state index in [4.69, 9.17) is 8.83 Å². The predicted molar refractivity (Wildman–Crippen MR) is 127 cm³/mol. The lowest BCUT2D eigenvalue weighted by Crippen LogP contribution is -1.97. The number of furan rings is 2. The van der Waals surface area contributed by atoms with Crippen LogP contribution in [-0.4, -0.2) is 15.0 Å². The van der Waals surface area contributed by atoms with Gasteiger partial charge in [0.2, 0.25) is 0 Å². The fraction of sp³-hybridized carbons (Fsp3) is 0.